The Hall–Kier alpha value is -1.69. The number of carboxylic acid groups (broad SMARTS) is 1. The van der Waals surface area contributed by atoms with Gasteiger partial charge in [0.05, 0.1) is 0 Å². The Labute approximate surface area is 115 Å². The van der Waals surface area contributed by atoms with E-state index in [1.807, 2.05) is 6.92 Å². The SMILES string of the molecule is CCCC(NC1COc2cc(F)cc(F)c2C1)C(=O)O. The Balaban J connectivity index is 2.09. The van der Waals surface area contributed by atoms with Crippen molar-refractivity contribution in [3.8, 4) is 5.75 Å². The van der Waals surface area contributed by atoms with Gasteiger partial charge in [0, 0.05) is 23.7 Å². The zero-order chi connectivity index (χ0) is 14.7. The van der Waals surface area contributed by atoms with Crippen LogP contribution in [0.5, 0.6) is 5.75 Å². The molecule has 0 aliphatic carbocycles. The highest BCUT2D eigenvalue weighted by Crippen LogP contribution is 2.28. The van der Waals surface area contributed by atoms with Gasteiger partial charge in [-0.1, -0.05) is 13.3 Å². The van der Waals surface area contributed by atoms with Gasteiger partial charge in [-0.05, 0) is 12.8 Å². The molecule has 1 aliphatic rings. The monoisotopic (exact) mass is 285 g/mol. The molecule has 0 fully saturated rings. The third kappa shape index (κ3) is 3.25. The van der Waals surface area contributed by atoms with Crippen molar-refractivity contribution in [3.05, 3.63) is 29.3 Å². The number of hydrogen-bond acceptors (Lipinski definition) is 3. The number of hydrogen-bond donors (Lipinski definition) is 2. The topological polar surface area (TPSA) is 58.6 Å². The molecule has 1 aromatic rings. The minimum Gasteiger partial charge on any atom is -0.491 e. The number of halogens is 2. The first-order valence-electron chi connectivity index (χ1n) is 6.60. The smallest absolute Gasteiger partial charge is 0.320 e. The predicted octanol–water partition coefficient (Wildman–Crippen LogP) is 2.11. The van der Waals surface area contributed by atoms with Crippen molar-refractivity contribution in [1.29, 1.82) is 0 Å². The molecule has 0 amide bonds. The molecule has 2 atom stereocenters. The molecule has 1 heterocycles. The molecular formula is C14H17F2NO3. The summed E-state index contributed by atoms with van der Waals surface area (Å²) in [4.78, 5) is 11.1. The van der Waals surface area contributed by atoms with E-state index in [1.54, 1.807) is 0 Å². The van der Waals surface area contributed by atoms with Gasteiger partial charge >= 0.3 is 5.97 Å². The number of fused-ring (bicyclic) bond motifs is 1. The van der Waals surface area contributed by atoms with E-state index < -0.39 is 23.6 Å². The van der Waals surface area contributed by atoms with Gasteiger partial charge in [-0.15, -0.1) is 0 Å². The Morgan fingerprint density at radius 1 is 1.55 bits per heavy atom. The number of carbonyl (C=O) groups is 1. The van der Waals surface area contributed by atoms with Gasteiger partial charge in [-0.25, -0.2) is 8.78 Å². The molecule has 0 spiro atoms. The largest absolute Gasteiger partial charge is 0.491 e. The average molecular weight is 285 g/mol. The first-order valence-corrected chi connectivity index (χ1v) is 6.60. The van der Waals surface area contributed by atoms with E-state index in [9.17, 15) is 13.6 Å². The fraction of sp³-hybridized carbons (Fsp3) is 0.500. The summed E-state index contributed by atoms with van der Waals surface area (Å²) >= 11 is 0. The summed E-state index contributed by atoms with van der Waals surface area (Å²) in [5.41, 5.74) is 0.288. The number of carboxylic acids is 1. The van der Waals surface area contributed by atoms with Crippen LogP contribution in [0.2, 0.25) is 0 Å². The quantitative estimate of drug-likeness (QED) is 0.870. The molecule has 4 nitrogen and oxygen atoms in total. The van der Waals surface area contributed by atoms with Gasteiger partial charge in [-0.3, -0.25) is 10.1 Å². The van der Waals surface area contributed by atoms with Crippen LogP contribution in [-0.2, 0) is 11.2 Å². The Morgan fingerprint density at radius 2 is 2.30 bits per heavy atom. The molecule has 0 saturated heterocycles. The van der Waals surface area contributed by atoms with Crippen LogP contribution >= 0.6 is 0 Å². The summed E-state index contributed by atoms with van der Waals surface area (Å²) in [6.45, 7) is 2.09. The van der Waals surface area contributed by atoms with Crippen molar-refractivity contribution < 1.29 is 23.4 Å². The Bertz CT molecular complexity index is 507. The third-order valence-electron chi connectivity index (χ3n) is 3.32. The number of ether oxygens (including phenoxy) is 1. The highest BCUT2D eigenvalue weighted by atomic mass is 19.1. The number of aliphatic carboxylic acids is 1. The minimum atomic E-state index is -0.933. The lowest BCUT2D eigenvalue weighted by molar-refractivity contribution is -0.140. The number of rotatable bonds is 5. The van der Waals surface area contributed by atoms with Crippen molar-refractivity contribution >= 4 is 5.97 Å². The average Bonchev–Trinajstić information content (AvgIpc) is 2.38. The molecule has 2 N–H and O–H groups in total. The first kappa shape index (κ1) is 14.7. The van der Waals surface area contributed by atoms with Crippen molar-refractivity contribution in [2.45, 2.75) is 38.3 Å². The van der Waals surface area contributed by atoms with E-state index in [0.29, 0.717) is 6.42 Å². The maximum atomic E-state index is 13.7. The maximum absolute atomic E-state index is 13.7. The fourth-order valence-electron chi connectivity index (χ4n) is 2.36. The molecule has 0 aromatic heterocycles. The number of benzene rings is 1. The van der Waals surface area contributed by atoms with Crippen LogP contribution in [-0.4, -0.2) is 29.8 Å². The zero-order valence-electron chi connectivity index (χ0n) is 11.2. The molecule has 1 aliphatic heterocycles. The highest BCUT2D eigenvalue weighted by Gasteiger charge is 2.27. The summed E-state index contributed by atoms with van der Waals surface area (Å²) < 4.78 is 32.1. The highest BCUT2D eigenvalue weighted by molar-refractivity contribution is 5.73. The molecule has 2 unspecified atom stereocenters. The van der Waals surface area contributed by atoms with Crippen LogP contribution in [0.4, 0.5) is 8.78 Å². The van der Waals surface area contributed by atoms with Crippen LogP contribution < -0.4 is 10.1 Å². The second-order valence-electron chi connectivity index (χ2n) is 4.92. The lowest BCUT2D eigenvalue weighted by Gasteiger charge is -2.28. The normalized spacial score (nSPS) is 19.1. The lowest BCUT2D eigenvalue weighted by Crippen LogP contribution is -2.48. The fourth-order valence-corrected chi connectivity index (χ4v) is 2.36. The number of nitrogens with one attached hydrogen (secondary N) is 1. The van der Waals surface area contributed by atoms with Crippen molar-refractivity contribution in [2.75, 3.05) is 6.61 Å². The summed E-state index contributed by atoms with van der Waals surface area (Å²) in [7, 11) is 0. The molecule has 20 heavy (non-hydrogen) atoms. The summed E-state index contributed by atoms with van der Waals surface area (Å²) in [5, 5.41) is 12.0. The standard InChI is InChI=1S/C14H17F2NO3/c1-2-3-12(14(18)19)17-9-6-10-11(16)4-8(15)5-13(10)20-7-9/h4-5,9,12,17H,2-3,6-7H2,1H3,(H,18,19). The van der Waals surface area contributed by atoms with Gasteiger partial charge < -0.3 is 9.84 Å². The van der Waals surface area contributed by atoms with E-state index in [2.05, 4.69) is 5.32 Å². The second kappa shape index (κ2) is 6.17. The molecule has 6 heteroatoms. The first-order chi connectivity index (χ1) is 9.51. The molecule has 1 aromatic carbocycles. The van der Waals surface area contributed by atoms with Gasteiger partial charge in [0.2, 0.25) is 0 Å². The Kier molecular flexibility index (Phi) is 4.54. The molecule has 0 bridgehead atoms. The summed E-state index contributed by atoms with van der Waals surface area (Å²) in [6, 6.07) is 0.981. The van der Waals surface area contributed by atoms with Gasteiger partial charge in [0.15, 0.2) is 0 Å². The lowest BCUT2D eigenvalue weighted by atomic mass is 10.0. The molecule has 0 radical (unpaired) electrons. The van der Waals surface area contributed by atoms with E-state index in [4.69, 9.17) is 9.84 Å². The van der Waals surface area contributed by atoms with E-state index in [0.717, 1.165) is 18.6 Å². The minimum absolute atomic E-state index is 0.197. The van der Waals surface area contributed by atoms with Crippen LogP contribution in [0.1, 0.15) is 25.3 Å². The van der Waals surface area contributed by atoms with Crippen molar-refractivity contribution in [3.63, 3.8) is 0 Å². The van der Waals surface area contributed by atoms with Crippen LogP contribution in [0.25, 0.3) is 0 Å². The molecular weight excluding hydrogens is 268 g/mol. The molecule has 110 valence electrons. The molecule has 0 saturated carbocycles. The van der Waals surface area contributed by atoms with Crippen LogP contribution in [0.15, 0.2) is 12.1 Å². The molecule has 2 rings (SSSR count). The van der Waals surface area contributed by atoms with Crippen LogP contribution in [0, 0.1) is 11.6 Å². The van der Waals surface area contributed by atoms with E-state index >= 15 is 0 Å². The van der Waals surface area contributed by atoms with Crippen molar-refractivity contribution in [1.82, 2.24) is 5.32 Å². The third-order valence-corrected chi connectivity index (χ3v) is 3.32. The second-order valence-corrected chi connectivity index (χ2v) is 4.92. The van der Waals surface area contributed by atoms with Gasteiger partial charge in [-0.2, -0.15) is 0 Å². The maximum Gasteiger partial charge on any atom is 0.320 e. The van der Waals surface area contributed by atoms with Crippen LogP contribution in [0.3, 0.4) is 0 Å². The predicted molar refractivity (Wildman–Crippen MR) is 68.8 cm³/mol. The van der Waals surface area contributed by atoms with Gasteiger partial charge in [0.1, 0.15) is 30.0 Å². The van der Waals surface area contributed by atoms with Crippen molar-refractivity contribution in [2.24, 2.45) is 0 Å². The zero-order valence-corrected chi connectivity index (χ0v) is 11.2. The Morgan fingerprint density at radius 3 is 2.95 bits per heavy atom. The summed E-state index contributed by atoms with van der Waals surface area (Å²) in [6.07, 6.45) is 1.51. The van der Waals surface area contributed by atoms with E-state index in [-0.39, 0.29) is 30.4 Å². The van der Waals surface area contributed by atoms with Gasteiger partial charge in [0.25, 0.3) is 0 Å². The summed E-state index contributed by atoms with van der Waals surface area (Å²) in [5.74, 6) is -2.07. The van der Waals surface area contributed by atoms with E-state index in [1.165, 1.54) is 0 Å².